The van der Waals surface area contributed by atoms with Gasteiger partial charge in [0.25, 0.3) is 0 Å². The molecule has 0 aliphatic heterocycles. The summed E-state index contributed by atoms with van der Waals surface area (Å²) in [5.74, 6) is 0.385. The van der Waals surface area contributed by atoms with E-state index >= 15 is 0 Å². The highest BCUT2D eigenvalue weighted by molar-refractivity contribution is 9.10. The third kappa shape index (κ3) is 6.46. The number of anilines is 1. The summed E-state index contributed by atoms with van der Waals surface area (Å²) in [6.45, 7) is 3.83. The molecule has 0 saturated heterocycles. The molecule has 1 aromatic carbocycles. The fourth-order valence-electron chi connectivity index (χ4n) is 1.13. The van der Waals surface area contributed by atoms with Crippen molar-refractivity contribution in [2.24, 2.45) is 21.5 Å². The lowest BCUT2D eigenvalue weighted by Gasteiger charge is -2.05. The Morgan fingerprint density at radius 3 is 2.28 bits per heavy atom. The van der Waals surface area contributed by atoms with Crippen LogP contribution in [-0.4, -0.2) is 18.0 Å². The van der Waals surface area contributed by atoms with Crippen LogP contribution in [0.4, 0.5) is 5.69 Å². The number of nitrogens with two attached hydrogens (primary N) is 2. The minimum absolute atomic E-state index is 0. The zero-order chi connectivity index (χ0) is 12.8. The highest BCUT2D eigenvalue weighted by atomic mass is 79.9. The van der Waals surface area contributed by atoms with Gasteiger partial charge in [-0.15, -0.1) is 12.4 Å². The Labute approximate surface area is 121 Å². The van der Waals surface area contributed by atoms with E-state index in [4.69, 9.17) is 11.5 Å². The van der Waals surface area contributed by atoms with Crippen LogP contribution in [0, 0.1) is 0 Å². The number of aliphatic imine (C=N–C) groups is 2. The highest BCUT2D eigenvalue weighted by Crippen LogP contribution is 2.13. The van der Waals surface area contributed by atoms with Crippen molar-refractivity contribution in [2.75, 3.05) is 5.32 Å². The number of hydrogen-bond donors (Lipinski definition) is 3. The van der Waals surface area contributed by atoms with E-state index in [1.807, 2.05) is 38.1 Å². The van der Waals surface area contributed by atoms with Gasteiger partial charge in [0.05, 0.1) is 0 Å². The zero-order valence-electron chi connectivity index (χ0n) is 10.2. The van der Waals surface area contributed by atoms with Crippen LogP contribution in [0.3, 0.4) is 0 Å². The van der Waals surface area contributed by atoms with Gasteiger partial charge in [-0.05, 0) is 38.1 Å². The van der Waals surface area contributed by atoms with Gasteiger partial charge in [-0.1, -0.05) is 15.9 Å². The molecule has 5 N–H and O–H groups in total. The lowest BCUT2D eigenvalue weighted by molar-refractivity contribution is 0.831. The Balaban J connectivity index is 0.00000289. The highest BCUT2D eigenvalue weighted by Gasteiger charge is 1.97. The van der Waals surface area contributed by atoms with E-state index < -0.39 is 0 Å². The number of hydrogen-bond acceptors (Lipinski definition) is 1. The minimum Gasteiger partial charge on any atom is -0.369 e. The monoisotopic (exact) mass is 333 g/mol. The van der Waals surface area contributed by atoms with Gasteiger partial charge in [0, 0.05) is 16.2 Å². The van der Waals surface area contributed by atoms with Crippen LogP contribution in [0.2, 0.25) is 0 Å². The van der Waals surface area contributed by atoms with Crippen molar-refractivity contribution in [1.29, 1.82) is 0 Å². The van der Waals surface area contributed by atoms with Crippen molar-refractivity contribution in [2.45, 2.75) is 19.9 Å². The number of halogens is 2. The summed E-state index contributed by atoms with van der Waals surface area (Å²) in [4.78, 5) is 7.99. The molecule has 0 heterocycles. The maximum Gasteiger partial charge on any atom is 0.218 e. The summed E-state index contributed by atoms with van der Waals surface area (Å²) in [5, 5.41) is 2.92. The molecule has 0 aromatic heterocycles. The van der Waals surface area contributed by atoms with E-state index in [0.29, 0.717) is 0 Å². The normalized spacial score (nSPS) is 12.2. The van der Waals surface area contributed by atoms with Gasteiger partial charge < -0.3 is 16.8 Å². The number of nitrogens with zero attached hydrogens (tertiary/aromatic N) is 2. The van der Waals surface area contributed by atoms with E-state index in [9.17, 15) is 0 Å². The Bertz CT molecular complexity index is 428. The molecule has 0 radical (unpaired) electrons. The number of rotatable bonds is 2. The molecule has 7 heteroatoms. The van der Waals surface area contributed by atoms with E-state index in [-0.39, 0.29) is 30.4 Å². The average Bonchev–Trinajstić information content (AvgIpc) is 2.19. The molecule has 18 heavy (non-hydrogen) atoms. The van der Waals surface area contributed by atoms with Crippen molar-refractivity contribution < 1.29 is 0 Å². The zero-order valence-corrected chi connectivity index (χ0v) is 12.6. The third-order valence-corrected chi connectivity index (χ3v) is 2.27. The van der Waals surface area contributed by atoms with Crippen molar-refractivity contribution >= 4 is 45.9 Å². The first kappa shape index (κ1) is 16.7. The van der Waals surface area contributed by atoms with Crippen LogP contribution in [0.5, 0.6) is 0 Å². The van der Waals surface area contributed by atoms with Crippen LogP contribution in [0.25, 0.3) is 0 Å². The first-order valence-corrected chi connectivity index (χ1v) is 5.96. The maximum atomic E-state index is 5.69. The summed E-state index contributed by atoms with van der Waals surface area (Å²) in [6, 6.07) is 7.66. The van der Waals surface area contributed by atoms with Crippen molar-refractivity contribution in [1.82, 2.24) is 0 Å². The minimum atomic E-state index is 0. The van der Waals surface area contributed by atoms with Gasteiger partial charge in [0.2, 0.25) is 11.9 Å². The van der Waals surface area contributed by atoms with Crippen LogP contribution in [0.1, 0.15) is 13.8 Å². The Morgan fingerprint density at radius 2 is 1.78 bits per heavy atom. The molecule has 100 valence electrons. The summed E-state index contributed by atoms with van der Waals surface area (Å²) in [7, 11) is 0. The standard InChI is InChI=1S/C11H16BrN5.ClH/c1-7(2)15-10(13)17-11(14)16-9-5-3-8(12)4-6-9;/h3-7H,1-2H3,(H5,13,14,15,16,17);1H. The fraction of sp³-hybridized carbons (Fsp3) is 0.273. The average molecular weight is 335 g/mol. The number of nitrogens with one attached hydrogen (secondary N) is 1. The van der Waals surface area contributed by atoms with Crippen LogP contribution in [0.15, 0.2) is 38.7 Å². The van der Waals surface area contributed by atoms with Gasteiger partial charge in [-0.3, -0.25) is 0 Å². The number of benzene rings is 1. The summed E-state index contributed by atoms with van der Waals surface area (Å²) in [6.07, 6.45) is 0. The molecule has 0 unspecified atom stereocenters. The molecule has 1 aromatic rings. The van der Waals surface area contributed by atoms with E-state index in [2.05, 4.69) is 31.2 Å². The molecule has 0 aliphatic rings. The number of guanidine groups is 2. The SMILES string of the molecule is CC(C)N=C(N)N=C(N)Nc1ccc(Br)cc1.Cl. The second-order valence-electron chi connectivity index (χ2n) is 3.71. The van der Waals surface area contributed by atoms with Crippen LogP contribution >= 0.6 is 28.3 Å². The first-order chi connectivity index (χ1) is 7.97. The molecule has 5 nitrogen and oxygen atoms in total. The van der Waals surface area contributed by atoms with Crippen molar-refractivity contribution in [3.05, 3.63) is 28.7 Å². The van der Waals surface area contributed by atoms with E-state index in [0.717, 1.165) is 10.2 Å². The molecular weight excluding hydrogens is 318 g/mol. The molecule has 1 rings (SSSR count). The van der Waals surface area contributed by atoms with Crippen LogP contribution in [-0.2, 0) is 0 Å². The Hall–Kier alpha value is -1.27. The maximum absolute atomic E-state index is 5.69. The molecule has 0 spiro atoms. The Morgan fingerprint density at radius 1 is 1.22 bits per heavy atom. The van der Waals surface area contributed by atoms with Gasteiger partial charge in [0.1, 0.15) is 0 Å². The molecule has 0 bridgehead atoms. The third-order valence-electron chi connectivity index (χ3n) is 1.74. The first-order valence-electron chi connectivity index (χ1n) is 5.17. The summed E-state index contributed by atoms with van der Waals surface area (Å²) in [5.41, 5.74) is 12.1. The lowest BCUT2D eigenvalue weighted by atomic mass is 10.3. The predicted molar refractivity (Wildman–Crippen MR) is 83.4 cm³/mol. The van der Waals surface area contributed by atoms with Gasteiger partial charge in [-0.2, -0.15) is 4.99 Å². The predicted octanol–water partition coefficient (Wildman–Crippen LogP) is 2.32. The second kappa shape index (κ2) is 7.94. The molecule has 0 fully saturated rings. The quantitative estimate of drug-likeness (QED) is 0.573. The molecule has 0 saturated carbocycles. The summed E-state index contributed by atoms with van der Waals surface area (Å²) < 4.78 is 0.999. The van der Waals surface area contributed by atoms with Crippen molar-refractivity contribution in [3.63, 3.8) is 0 Å². The van der Waals surface area contributed by atoms with E-state index in [1.165, 1.54) is 0 Å². The largest absolute Gasteiger partial charge is 0.369 e. The van der Waals surface area contributed by atoms with Gasteiger partial charge in [-0.25, -0.2) is 4.99 Å². The summed E-state index contributed by atoms with van der Waals surface area (Å²) >= 11 is 3.35. The lowest BCUT2D eigenvalue weighted by Crippen LogP contribution is -2.26. The smallest absolute Gasteiger partial charge is 0.218 e. The Kier molecular flexibility index (Phi) is 7.38. The van der Waals surface area contributed by atoms with Crippen molar-refractivity contribution in [3.8, 4) is 0 Å². The second-order valence-corrected chi connectivity index (χ2v) is 4.63. The topological polar surface area (TPSA) is 88.8 Å². The molecule has 0 atom stereocenters. The van der Waals surface area contributed by atoms with Crippen LogP contribution < -0.4 is 16.8 Å². The molecular formula is C11H17BrClN5. The van der Waals surface area contributed by atoms with E-state index in [1.54, 1.807) is 0 Å². The fourth-order valence-corrected chi connectivity index (χ4v) is 1.39. The van der Waals surface area contributed by atoms with Gasteiger partial charge >= 0.3 is 0 Å². The van der Waals surface area contributed by atoms with Gasteiger partial charge in [0.15, 0.2) is 0 Å². The molecule has 0 aliphatic carbocycles. The molecule has 0 amide bonds.